The van der Waals surface area contributed by atoms with Crippen LogP contribution in [0.4, 0.5) is 0 Å². The largest absolute Gasteiger partial charge is 0.481 e. The molecule has 0 aromatic heterocycles. The average molecular weight is 805 g/mol. The maximum absolute atomic E-state index is 11.5. The van der Waals surface area contributed by atoms with Crippen LogP contribution in [0, 0.1) is 6.92 Å². The second-order valence-corrected chi connectivity index (χ2v) is 11.1. The molecule has 15 heteroatoms. The summed E-state index contributed by atoms with van der Waals surface area (Å²) < 4.78 is 21.4. The van der Waals surface area contributed by atoms with Crippen LogP contribution < -0.4 is 21.3 Å². The van der Waals surface area contributed by atoms with Crippen molar-refractivity contribution in [3.8, 4) is 0 Å². The summed E-state index contributed by atoms with van der Waals surface area (Å²) >= 11 is 0. The first-order valence-electron chi connectivity index (χ1n) is 20.2. The van der Waals surface area contributed by atoms with Crippen LogP contribution in [-0.4, -0.2) is 133 Å². The van der Waals surface area contributed by atoms with Crippen molar-refractivity contribution in [1.29, 1.82) is 0 Å². The van der Waals surface area contributed by atoms with Gasteiger partial charge in [-0.15, -0.1) is 0 Å². The van der Waals surface area contributed by atoms with E-state index in [4.69, 9.17) is 29.2 Å². The zero-order chi connectivity index (χ0) is 43.5. The predicted octanol–water partition coefficient (Wildman–Crippen LogP) is 4.25. The third-order valence-electron chi connectivity index (χ3n) is 6.37. The Balaban J connectivity index is -0.000000219. The molecule has 0 fully saturated rings. The van der Waals surface area contributed by atoms with Gasteiger partial charge in [0.15, 0.2) is 0 Å². The van der Waals surface area contributed by atoms with Crippen molar-refractivity contribution < 1.29 is 53.1 Å². The van der Waals surface area contributed by atoms with Gasteiger partial charge in [0, 0.05) is 32.5 Å². The maximum atomic E-state index is 11.5. The highest BCUT2D eigenvalue weighted by Gasteiger charge is 2.05. The van der Waals surface area contributed by atoms with E-state index in [0.29, 0.717) is 58.9 Å². The second-order valence-electron chi connectivity index (χ2n) is 11.1. The number of aliphatic hydroxyl groups excluding tert-OH is 1. The standard InChI is InChI=1S/C15H20N2O3.C13H29NO4.C6H13NO2.C3H6O2.2C2H6/c1-12-5-7-13(8-6-12)3-2-4-14(19)17-11-15(20)16-9-10-18;1-3-4-6-15-8-10-17-12-13-18-11-9-16-7-5-14-2;1-2-3-4-7-6(9)5-8;1-2-3(4)5;2*1-2/h5-8,10H,2-4,9,11H2,1H3,(H,16,20)(H,17,19);14H,3-13H2,1-2H3;8H,2-5H2,1H3,(H,7,9);2H2,1H3,(H,4,5);2*1-2H3. The predicted molar refractivity (Wildman–Crippen MR) is 224 cm³/mol. The number of aryl methyl sites for hydroxylation is 2. The number of ether oxygens (including phenoxy) is 4. The summed E-state index contributed by atoms with van der Waals surface area (Å²) in [6, 6.07) is 8.21. The Morgan fingerprint density at radius 2 is 1.16 bits per heavy atom. The first-order valence-corrected chi connectivity index (χ1v) is 20.2. The minimum atomic E-state index is -0.745. The number of carboxylic acids is 1. The fourth-order valence-corrected chi connectivity index (χ4v) is 3.34. The van der Waals surface area contributed by atoms with Crippen molar-refractivity contribution in [2.75, 3.05) is 92.7 Å². The van der Waals surface area contributed by atoms with Gasteiger partial charge in [0.05, 0.1) is 59.3 Å². The van der Waals surface area contributed by atoms with Crippen LogP contribution in [0.25, 0.3) is 0 Å². The molecule has 3 amide bonds. The molecule has 0 spiro atoms. The van der Waals surface area contributed by atoms with Crippen molar-refractivity contribution in [1.82, 2.24) is 21.3 Å². The number of aliphatic hydroxyl groups is 1. The summed E-state index contributed by atoms with van der Waals surface area (Å²) in [5.41, 5.74) is 2.42. The van der Waals surface area contributed by atoms with Gasteiger partial charge in [-0.25, -0.2) is 0 Å². The lowest BCUT2D eigenvalue weighted by atomic mass is 10.1. The van der Waals surface area contributed by atoms with Gasteiger partial charge in [0.2, 0.25) is 17.7 Å². The third-order valence-corrected chi connectivity index (χ3v) is 6.37. The smallest absolute Gasteiger partial charge is 0.303 e. The second kappa shape index (κ2) is 55.9. The molecule has 1 aromatic rings. The molecule has 0 bridgehead atoms. The van der Waals surface area contributed by atoms with E-state index in [-0.39, 0.29) is 37.2 Å². The fourth-order valence-electron chi connectivity index (χ4n) is 3.34. The molecule has 1 rings (SSSR count). The summed E-state index contributed by atoms with van der Waals surface area (Å²) in [4.78, 5) is 52.4. The van der Waals surface area contributed by atoms with Crippen molar-refractivity contribution in [3.63, 3.8) is 0 Å². The van der Waals surface area contributed by atoms with Crippen LogP contribution in [-0.2, 0) is 49.3 Å². The zero-order valence-electron chi connectivity index (χ0n) is 36.3. The van der Waals surface area contributed by atoms with Crippen molar-refractivity contribution in [3.05, 3.63) is 35.4 Å². The van der Waals surface area contributed by atoms with Crippen LogP contribution in [0.2, 0.25) is 0 Å². The van der Waals surface area contributed by atoms with E-state index in [2.05, 4.69) is 40.3 Å². The van der Waals surface area contributed by atoms with Gasteiger partial charge in [-0.2, -0.15) is 0 Å². The number of carbonyl (C=O) groups is 5. The van der Waals surface area contributed by atoms with Crippen LogP contribution in [0.5, 0.6) is 0 Å². The number of amides is 3. The zero-order valence-corrected chi connectivity index (χ0v) is 36.3. The van der Waals surface area contributed by atoms with Gasteiger partial charge < -0.3 is 55.2 Å². The van der Waals surface area contributed by atoms with Crippen molar-refractivity contribution in [2.24, 2.45) is 0 Å². The van der Waals surface area contributed by atoms with Gasteiger partial charge in [-0.1, -0.05) is 91.1 Å². The number of unbranched alkanes of at least 4 members (excludes halogenated alkanes) is 2. The van der Waals surface area contributed by atoms with E-state index < -0.39 is 12.6 Å². The number of carbonyl (C=O) groups excluding carboxylic acids is 4. The molecule has 0 saturated carbocycles. The van der Waals surface area contributed by atoms with E-state index in [1.807, 2.05) is 60.7 Å². The molecule has 0 radical (unpaired) electrons. The number of nitrogens with one attached hydrogen (secondary N) is 4. The quantitative estimate of drug-likeness (QED) is 0.0519. The van der Waals surface area contributed by atoms with E-state index in [0.717, 1.165) is 51.9 Å². The number of hydrogen-bond donors (Lipinski definition) is 6. The number of carboxylic acid groups (broad SMARTS) is 1. The topological polar surface area (TPSA) is 211 Å². The van der Waals surface area contributed by atoms with E-state index >= 15 is 0 Å². The summed E-state index contributed by atoms with van der Waals surface area (Å²) in [6.07, 6.45) is 7.12. The lowest BCUT2D eigenvalue weighted by Crippen LogP contribution is -2.37. The summed E-state index contributed by atoms with van der Waals surface area (Å²) in [5, 5.41) is 26.4. The van der Waals surface area contributed by atoms with Crippen LogP contribution in [0.15, 0.2) is 24.3 Å². The van der Waals surface area contributed by atoms with E-state index in [1.165, 1.54) is 17.5 Å². The molecule has 0 aliphatic rings. The normalized spacial score (nSPS) is 9.39. The summed E-state index contributed by atoms with van der Waals surface area (Å²) in [6.45, 7) is 22.3. The van der Waals surface area contributed by atoms with Crippen molar-refractivity contribution in [2.45, 2.75) is 107 Å². The molecule has 56 heavy (non-hydrogen) atoms. The highest BCUT2D eigenvalue weighted by molar-refractivity contribution is 5.85. The molecule has 330 valence electrons. The molecule has 0 heterocycles. The Bertz CT molecular complexity index is 969. The van der Waals surface area contributed by atoms with Crippen LogP contribution in [0.1, 0.15) is 105 Å². The summed E-state index contributed by atoms with van der Waals surface area (Å²) in [7, 11) is 1.91. The van der Waals surface area contributed by atoms with Crippen LogP contribution >= 0.6 is 0 Å². The molecule has 0 saturated heterocycles. The number of hydrogen-bond acceptors (Lipinski definition) is 11. The highest BCUT2D eigenvalue weighted by atomic mass is 16.6. The minimum Gasteiger partial charge on any atom is -0.481 e. The van der Waals surface area contributed by atoms with Gasteiger partial charge in [0.25, 0.3) is 0 Å². The average Bonchev–Trinajstić information content (AvgIpc) is 3.22. The van der Waals surface area contributed by atoms with Crippen molar-refractivity contribution >= 4 is 30.0 Å². The number of aldehydes is 1. The number of benzene rings is 1. The Hall–Kier alpha value is -3.47. The lowest BCUT2D eigenvalue weighted by molar-refractivity contribution is -0.136. The fraction of sp³-hybridized carbons (Fsp3) is 0.732. The van der Waals surface area contributed by atoms with E-state index in [9.17, 15) is 24.0 Å². The number of aliphatic carboxylic acids is 1. The Labute approximate surface area is 338 Å². The maximum Gasteiger partial charge on any atom is 0.303 e. The molecule has 0 aliphatic carbocycles. The highest BCUT2D eigenvalue weighted by Crippen LogP contribution is 2.07. The molecule has 15 nitrogen and oxygen atoms in total. The molecule has 0 aliphatic heterocycles. The third kappa shape index (κ3) is 59.8. The van der Waals surface area contributed by atoms with Crippen LogP contribution in [0.3, 0.4) is 0 Å². The lowest BCUT2D eigenvalue weighted by Gasteiger charge is -2.07. The molecule has 6 N–H and O–H groups in total. The number of likely N-dealkylation sites (N-methyl/N-ethyl adjacent to an activating group) is 1. The first-order chi connectivity index (χ1) is 27.1. The Morgan fingerprint density at radius 3 is 1.61 bits per heavy atom. The van der Waals surface area contributed by atoms with Gasteiger partial charge in [-0.3, -0.25) is 19.2 Å². The molecular weight excluding hydrogens is 724 g/mol. The molecular formula is C41H80N4O11. The summed E-state index contributed by atoms with van der Waals surface area (Å²) in [5.74, 6) is -1.55. The van der Waals surface area contributed by atoms with Gasteiger partial charge in [0.1, 0.15) is 12.9 Å². The minimum absolute atomic E-state index is 0.0257. The number of rotatable bonds is 28. The van der Waals surface area contributed by atoms with Gasteiger partial charge in [-0.05, 0) is 45.2 Å². The van der Waals surface area contributed by atoms with E-state index in [1.54, 1.807) is 6.92 Å². The SMILES string of the molecule is CC.CC.CCC(=O)O.CCCCNC(=O)CO.CCCCOCCOCCOCCOCCNC.Cc1ccc(CCCC(=O)NCC(=O)NCC=O)cc1. The Morgan fingerprint density at radius 1 is 0.661 bits per heavy atom. The first kappa shape index (κ1) is 61.7. The molecule has 0 unspecified atom stereocenters. The molecule has 0 atom stereocenters. The molecule has 1 aromatic carbocycles. The Kier molecular flexibility index (Phi) is 61.6. The van der Waals surface area contributed by atoms with Gasteiger partial charge >= 0.3 is 5.97 Å². The monoisotopic (exact) mass is 805 g/mol.